The first-order chi connectivity index (χ1) is 5.68. The summed E-state index contributed by atoms with van der Waals surface area (Å²) >= 11 is 0. The Morgan fingerprint density at radius 2 is 2.33 bits per heavy atom. The van der Waals surface area contributed by atoms with Gasteiger partial charge in [0, 0.05) is 0 Å². The Labute approximate surface area is 70.2 Å². The standard InChI is InChI=1S/C7H12N4O/c1-4(12)6-9-7(8)10-11(6)5-2-3-5/h4-5,12H,2-3H2,1H3,(H2,8,10). The van der Waals surface area contributed by atoms with Gasteiger partial charge < -0.3 is 10.8 Å². The molecule has 0 aliphatic heterocycles. The van der Waals surface area contributed by atoms with E-state index in [9.17, 15) is 5.11 Å². The van der Waals surface area contributed by atoms with Crippen molar-refractivity contribution in [1.29, 1.82) is 0 Å². The number of nitrogens with zero attached hydrogens (tertiary/aromatic N) is 3. The van der Waals surface area contributed by atoms with Gasteiger partial charge in [-0.25, -0.2) is 4.68 Å². The van der Waals surface area contributed by atoms with Crippen LogP contribution in [-0.4, -0.2) is 19.9 Å². The molecule has 12 heavy (non-hydrogen) atoms. The Morgan fingerprint density at radius 1 is 1.67 bits per heavy atom. The molecule has 5 heteroatoms. The van der Waals surface area contributed by atoms with Crippen LogP contribution in [-0.2, 0) is 0 Å². The van der Waals surface area contributed by atoms with Gasteiger partial charge in [-0.2, -0.15) is 4.98 Å². The number of anilines is 1. The first-order valence-electron chi connectivity index (χ1n) is 4.08. The number of nitrogens with two attached hydrogens (primary N) is 1. The van der Waals surface area contributed by atoms with Gasteiger partial charge in [0.05, 0.1) is 6.04 Å². The molecule has 0 saturated heterocycles. The van der Waals surface area contributed by atoms with Crippen LogP contribution in [0.2, 0.25) is 0 Å². The SMILES string of the molecule is CC(O)c1nc(N)nn1C1CC1. The number of aromatic nitrogens is 3. The van der Waals surface area contributed by atoms with Gasteiger partial charge in [0.1, 0.15) is 6.10 Å². The Bertz CT molecular complexity index is 270. The molecule has 0 radical (unpaired) electrons. The summed E-state index contributed by atoms with van der Waals surface area (Å²) in [6, 6.07) is 0.416. The molecule has 0 amide bonds. The van der Waals surface area contributed by atoms with Gasteiger partial charge in [0.2, 0.25) is 5.95 Å². The summed E-state index contributed by atoms with van der Waals surface area (Å²) in [5.74, 6) is 0.827. The lowest BCUT2D eigenvalue weighted by molar-refractivity contribution is 0.182. The molecule has 0 spiro atoms. The van der Waals surface area contributed by atoms with Crippen molar-refractivity contribution in [3.05, 3.63) is 5.82 Å². The van der Waals surface area contributed by atoms with Crippen molar-refractivity contribution in [2.24, 2.45) is 0 Å². The zero-order valence-corrected chi connectivity index (χ0v) is 6.94. The third-order valence-corrected chi connectivity index (χ3v) is 1.94. The van der Waals surface area contributed by atoms with Gasteiger partial charge in [0.25, 0.3) is 0 Å². The number of rotatable bonds is 2. The molecule has 1 aromatic rings. The zero-order valence-electron chi connectivity index (χ0n) is 6.94. The molecule has 1 aliphatic rings. The summed E-state index contributed by atoms with van der Waals surface area (Å²) < 4.78 is 1.74. The van der Waals surface area contributed by atoms with E-state index >= 15 is 0 Å². The summed E-state index contributed by atoms with van der Waals surface area (Å²) in [6.45, 7) is 1.67. The predicted octanol–water partition coefficient (Wildman–Crippen LogP) is 0.248. The molecule has 66 valence electrons. The quantitative estimate of drug-likeness (QED) is 0.663. The number of nitrogen functional groups attached to an aromatic ring is 1. The van der Waals surface area contributed by atoms with Crippen LogP contribution in [0.4, 0.5) is 5.95 Å². The minimum absolute atomic E-state index is 0.248. The molecular weight excluding hydrogens is 156 g/mol. The van der Waals surface area contributed by atoms with Gasteiger partial charge in [-0.3, -0.25) is 0 Å². The fourth-order valence-corrected chi connectivity index (χ4v) is 1.23. The summed E-state index contributed by atoms with van der Waals surface area (Å²) in [5, 5.41) is 13.3. The van der Waals surface area contributed by atoms with Crippen molar-refractivity contribution < 1.29 is 5.11 Å². The van der Waals surface area contributed by atoms with Crippen LogP contribution in [0, 0.1) is 0 Å². The van der Waals surface area contributed by atoms with Crippen molar-refractivity contribution in [3.8, 4) is 0 Å². The average molecular weight is 168 g/mol. The maximum atomic E-state index is 9.32. The van der Waals surface area contributed by atoms with E-state index in [0.717, 1.165) is 12.8 Å². The minimum Gasteiger partial charge on any atom is -0.385 e. The Balaban J connectivity index is 2.36. The van der Waals surface area contributed by atoms with Crippen LogP contribution in [0.1, 0.15) is 37.7 Å². The van der Waals surface area contributed by atoms with Gasteiger partial charge >= 0.3 is 0 Å². The molecule has 1 saturated carbocycles. The maximum absolute atomic E-state index is 9.32. The highest BCUT2D eigenvalue weighted by molar-refractivity contribution is 5.16. The van der Waals surface area contributed by atoms with Crippen molar-refractivity contribution in [2.45, 2.75) is 31.9 Å². The second-order valence-corrected chi connectivity index (χ2v) is 3.18. The van der Waals surface area contributed by atoms with Crippen LogP contribution in [0.25, 0.3) is 0 Å². The summed E-state index contributed by atoms with van der Waals surface area (Å²) in [6.07, 6.45) is 1.64. The van der Waals surface area contributed by atoms with Gasteiger partial charge in [-0.1, -0.05) is 0 Å². The van der Waals surface area contributed by atoms with E-state index in [1.54, 1.807) is 11.6 Å². The highest BCUT2D eigenvalue weighted by atomic mass is 16.3. The molecule has 3 N–H and O–H groups in total. The lowest BCUT2D eigenvalue weighted by atomic mass is 10.4. The molecule has 1 atom stereocenters. The highest BCUT2D eigenvalue weighted by Crippen LogP contribution is 2.36. The van der Waals surface area contributed by atoms with E-state index in [0.29, 0.717) is 11.9 Å². The van der Waals surface area contributed by atoms with Crippen molar-refractivity contribution >= 4 is 5.95 Å². The predicted molar refractivity (Wildman–Crippen MR) is 43.3 cm³/mol. The van der Waals surface area contributed by atoms with E-state index in [1.165, 1.54) is 0 Å². The van der Waals surface area contributed by atoms with Crippen LogP contribution >= 0.6 is 0 Å². The normalized spacial score (nSPS) is 19.5. The van der Waals surface area contributed by atoms with Crippen molar-refractivity contribution in [3.63, 3.8) is 0 Å². The van der Waals surface area contributed by atoms with Gasteiger partial charge in [0.15, 0.2) is 5.82 Å². The van der Waals surface area contributed by atoms with Gasteiger partial charge in [-0.05, 0) is 19.8 Å². The second kappa shape index (κ2) is 2.45. The van der Waals surface area contributed by atoms with Crippen LogP contribution in [0.15, 0.2) is 0 Å². The number of aliphatic hydroxyl groups excluding tert-OH is 1. The Morgan fingerprint density at radius 3 is 2.83 bits per heavy atom. The van der Waals surface area contributed by atoms with E-state index in [1.807, 2.05) is 0 Å². The molecule has 0 bridgehead atoms. The van der Waals surface area contributed by atoms with Crippen LogP contribution < -0.4 is 5.73 Å². The fraction of sp³-hybridized carbons (Fsp3) is 0.714. The molecular formula is C7H12N4O. The monoisotopic (exact) mass is 168 g/mol. The second-order valence-electron chi connectivity index (χ2n) is 3.18. The molecule has 5 nitrogen and oxygen atoms in total. The summed E-state index contributed by atoms with van der Waals surface area (Å²) in [5.41, 5.74) is 5.43. The Hall–Kier alpha value is -1.10. The molecule has 2 rings (SSSR count). The number of hydrogen-bond donors (Lipinski definition) is 2. The highest BCUT2D eigenvalue weighted by Gasteiger charge is 2.29. The maximum Gasteiger partial charge on any atom is 0.239 e. The van der Waals surface area contributed by atoms with Gasteiger partial charge in [-0.15, -0.1) is 5.10 Å². The minimum atomic E-state index is -0.588. The van der Waals surface area contributed by atoms with E-state index in [2.05, 4.69) is 10.1 Å². The van der Waals surface area contributed by atoms with Crippen LogP contribution in [0.3, 0.4) is 0 Å². The molecule has 1 unspecified atom stereocenters. The zero-order chi connectivity index (χ0) is 8.72. The largest absolute Gasteiger partial charge is 0.385 e. The third kappa shape index (κ3) is 1.16. The lowest BCUT2D eigenvalue weighted by Crippen LogP contribution is -2.06. The van der Waals surface area contributed by atoms with Crippen molar-refractivity contribution in [1.82, 2.24) is 14.8 Å². The van der Waals surface area contributed by atoms with E-state index < -0.39 is 6.10 Å². The van der Waals surface area contributed by atoms with Crippen molar-refractivity contribution in [2.75, 3.05) is 5.73 Å². The average Bonchev–Trinajstić information content (AvgIpc) is 2.75. The number of hydrogen-bond acceptors (Lipinski definition) is 4. The first kappa shape index (κ1) is 7.54. The molecule has 1 heterocycles. The smallest absolute Gasteiger partial charge is 0.239 e. The number of aliphatic hydroxyl groups is 1. The Kier molecular flexibility index (Phi) is 1.54. The molecule has 1 fully saturated rings. The topological polar surface area (TPSA) is 77.0 Å². The summed E-state index contributed by atoms with van der Waals surface area (Å²) in [4.78, 5) is 3.95. The lowest BCUT2D eigenvalue weighted by Gasteiger charge is -2.04. The third-order valence-electron chi connectivity index (χ3n) is 1.94. The molecule has 1 aliphatic carbocycles. The molecule has 1 aromatic heterocycles. The van der Waals surface area contributed by atoms with E-state index in [4.69, 9.17) is 5.73 Å². The fourth-order valence-electron chi connectivity index (χ4n) is 1.23. The molecule has 0 aromatic carbocycles. The van der Waals surface area contributed by atoms with E-state index in [-0.39, 0.29) is 5.95 Å². The first-order valence-corrected chi connectivity index (χ1v) is 4.08. The summed E-state index contributed by atoms with van der Waals surface area (Å²) in [7, 11) is 0. The van der Waals surface area contributed by atoms with Crippen LogP contribution in [0.5, 0.6) is 0 Å².